The van der Waals surface area contributed by atoms with E-state index >= 15 is 4.39 Å². The maximum atomic E-state index is 16.8. The number of hydrogen-bond donors (Lipinski definition) is 1. The molecule has 1 amide bonds. The molecule has 226 valence electrons. The Labute approximate surface area is 265 Å². The summed E-state index contributed by atoms with van der Waals surface area (Å²) in [6.07, 6.45) is 2.72. The summed E-state index contributed by atoms with van der Waals surface area (Å²) in [4.78, 5) is 19.5. The minimum absolute atomic E-state index is 0.112. The molecule has 2 atom stereocenters. The summed E-state index contributed by atoms with van der Waals surface area (Å²) in [5.41, 5.74) is 9.16. The Kier molecular flexibility index (Phi) is 8.88. The number of nitriles is 1. The second-order valence-electron chi connectivity index (χ2n) is 11.9. The van der Waals surface area contributed by atoms with E-state index in [1.54, 1.807) is 23.1 Å². The molecule has 1 saturated heterocycles. The number of rotatable bonds is 6. The number of pyridine rings is 1. The van der Waals surface area contributed by atoms with Crippen LogP contribution in [0.5, 0.6) is 0 Å². The van der Waals surface area contributed by atoms with E-state index in [9.17, 15) is 10.1 Å². The van der Waals surface area contributed by atoms with Crippen LogP contribution in [-0.4, -0.2) is 45.5 Å². The van der Waals surface area contributed by atoms with Crippen molar-refractivity contribution < 1.29 is 13.9 Å². The lowest BCUT2D eigenvalue weighted by Crippen LogP contribution is -2.35. The average Bonchev–Trinajstić information content (AvgIpc) is 3.58. The minimum Gasteiger partial charge on any atom is -0.444 e. The lowest BCUT2D eigenvalue weighted by Gasteiger charge is -2.25. The Morgan fingerprint density at radius 1 is 1.30 bits per heavy atom. The van der Waals surface area contributed by atoms with E-state index in [1.807, 2.05) is 46.1 Å². The highest BCUT2D eigenvalue weighted by atomic mass is 35.5. The van der Waals surface area contributed by atoms with Gasteiger partial charge in [0.2, 0.25) is 0 Å². The van der Waals surface area contributed by atoms with Crippen LogP contribution in [-0.2, 0) is 11.2 Å². The van der Waals surface area contributed by atoms with Gasteiger partial charge in [0.1, 0.15) is 16.1 Å². The zero-order valence-corrected chi connectivity index (χ0v) is 27.1. The van der Waals surface area contributed by atoms with Gasteiger partial charge in [-0.2, -0.15) is 5.26 Å². The molecule has 0 aliphatic carbocycles. The second kappa shape index (κ2) is 12.2. The van der Waals surface area contributed by atoms with Crippen LogP contribution in [0.2, 0.25) is 10.0 Å². The Hall–Kier alpha value is -3.03. The Bertz CT molecular complexity index is 1780. The van der Waals surface area contributed by atoms with Gasteiger partial charge in [0.15, 0.2) is 5.82 Å². The predicted molar refractivity (Wildman–Crippen MR) is 172 cm³/mol. The van der Waals surface area contributed by atoms with E-state index in [2.05, 4.69) is 10.6 Å². The quantitative estimate of drug-likeness (QED) is 0.212. The fourth-order valence-electron chi connectivity index (χ4n) is 5.85. The highest BCUT2D eigenvalue weighted by Crippen LogP contribution is 2.44. The number of amides is 1. The number of carbonyl (C=O) groups is 1. The summed E-state index contributed by atoms with van der Waals surface area (Å²) >= 11 is 14.4. The second-order valence-corrected chi connectivity index (χ2v) is 13.4. The van der Waals surface area contributed by atoms with Crippen molar-refractivity contribution in [3.63, 3.8) is 0 Å². The number of fused-ring (bicyclic) bond motifs is 3. The zero-order chi connectivity index (χ0) is 31.2. The van der Waals surface area contributed by atoms with Crippen LogP contribution in [0.25, 0.3) is 32.9 Å². The average molecular weight is 643 g/mol. The Morgan fingerprint density at radius 3 is 2.70 bits per heavy atom. The molecule has 2 aromatic heterocycles. The molecule has 43 heavy (non-hydrogen) atoms. The number of aromatic nitrogens is 2. The summed E-state index contributed by atoms with van der Waals surface area (Å²) in [6, 6.07) is 10.8. The molecule has 2 unspecified atom stereocenters. The van der Waals surface area contributed by atoms with Crippen molar-refractivity contribution >= 4 is 62.9 Å². The van der Waals surface area contributed by atoms with Crippen molar-refractivity contribution in [2.75, 3.05) is 19.3 Å². The first-order valence-corrected chi connectivity index (χ1v) is 16.1. The monoisotopic (exact) mass is 641 g/mol. The number of aryl methyl sites for hydroxylation is 1. The van der Waals surface area contributed by atoms with Crippen LogP contribution < -0.4 is 5.73 Å². The van der Waals surface area contributed by atoms with Crippen LogP contribution in [0.4, 0.5) is 9.18 Å². The van der Waals surface area contributed by atoms with Crippen LogP contribution in [0.3, 0.4) is 0 Å². The normalized spacial score (nSPS) is 16.2. The first-order chi connectivity index (χ1) is 20.4. The summed E-state index contributed by atoms with van der Waals surface area (Å²) in [5, 5.41) is 12.1. The number of likely N-dealkylation sites (tertiary alicyclic amines) is 1. The highest BCUT2D eigenvalue weighted by molar-refractivity contribution is 7.98. The molecule has 2 aromatic carbocycles. The van der Waals surface area contributed by atoms with Gasteiger partial charge in [-0.25, -0.2) is 14.2 Å². The number of halogens is 3. The lowest BCUT2D eigenvalue weighted by atomic mass is 9.93. The van der Waals surface area contributed by atoms with Gasteiger partial charge in [0.25, 0.3) is 0 Å². The van der Waals surface area contributed by atoms with Crippen molar-refractivity contribution in [1.29, 1.82) is 5.26 Å². The molecule has 0 saturated carbocycles. The van der Waals surface area contributed by atoms with Crippen LogP contribution in [0.15, 0.2) is 35.4 Å². The standard InChI is InChI=1S/C32H34Cl2FN5O2S/c1-17(37)24-15-22-29(40(24)19-11-13-39(16-19)31(41)42-32(2,3)4)21-14-18(8-7-12-36)25(20-9-6-10-23(33)26(20)34)27(35)28(21)38-30(22)43-5/h6,9-10,14-15,17,19H,7-8,11,13,16,37H2,1-5H3. The third-order valence-corrected chi connectivity index (χ3v) is 9.17. The Balaban J connectivity index is 1.79. The number of thioether (sulfide) groups is 1. The highest BCUT2D eigenvalue weighted by Gasteiger charge is 2.34. The zero-order valence-electron chi connectivity index (χ0n) is 24.8. The van der Waals surface area contributed by atoms with Crippen molar-refractivity contribution in [2.24, 2.45) is 5.73 Å². The van der Waals surface area contributed by atoms with Gasteiger partial charge in [0.05, 0.1) is 27.7 Å². The van der Waals surface area contributed by atoms with Crippen molar-refractivity contribution in [2.45, 2.75) is 69.7 Å². The van der Waals surface area contributed by atoms with Crippen molar-refractivity contribution in [3.8, 4) is 17.2 Å². The maximum Gasteiger partial charge on any atom is 0.410 e. The molecule has 0 spiro atoms. The summed E-state index contributed by atoms with van der Waals surface area (Å²) in [7, 11) is 0. The van der Waals surface area contributed by atoms with Crippen molar-refractivity contribution in [1.82, 2.24) is 14.5 Å². The van der Waals surface area contributed by atoms with Gasteiger partial charge < -0.3 is 19.9 Å². The third kappa shape index (κ3) is 5.91. The van der Waals surface area contributed by atoms with E-state index in [1.165, 1.54) is 11.8 Å². The maximum absolute atomic E-state index is 16.8. The molecule has 0 bridgehead atoms. The van der Waals surface area contributed by atoms with E-state index < -0.39 is 11.4 Å². The van der Waals surface area contributed by atoms with E-state index in [0.29, 0.717) is 52.5 Å². The number of ether oxygens (including phenoxy) is 1. The molecule has 0 radical (unpaired) electrons. The molecule has 1 fully saturated rings. The molecule has 7 nitrogen and oxygen atoms in total. The number of benzene rings is 2. The van der Waals surface area contributed by atoms with E-state index in [0.717, 1.165) is 16.6 Å². The summed E-state index contributed by atoms with van der Waals surface area (Å²) < 4.78 is 24.6. The number of nitrogens with two attached hydrogens (primary N) is 1. The van der Waals surface area contributed by atoms with Crippen LogP contribution >= 0.6 is 35.0 Å². The largest absolute Gasteiger partial charge is 0.444 e. The molecule has 1 aliphatic heterocycles. The lowest BCUT2D eigenvalue weighted by molar-refractivity contribution is 0.0289. The molecular formula is C32H34Cl2FN5O2S. The molecular weight excluding hydrogens is 608 g/mol. The topological polar surface area (TPSA) is 97.2 Å². The van der Waals surface area contributed by atoms with Gasteiger partial charge >= 0.3 is 6.09 Å². The molecule has 1 aliphatic rings. The molecule has 11 heteroatoms. The number of hydrogen-bond acceptors (Lipinski definition) is 6. The third-order valence-electron chi connectivity index (χ3n) is 7.65. The molecule has 5 rings (SSSR count). The van der Waals surface area contributed by atoms with Crippen LogP contribution in [0.1, 0.15) is 63.9 Å². The smallest absolute Gasteiger partial charge is 0.410 e. The van der Waals surface area contributed by atoms with Gasteiger partial charge in [-0.1, -0.05) is 35.3 Å². The fraction of sp³-hybridized carbons (Fsp3) is 0.406. The minimum atomic E-state index is -0.609. The summed E-state index contributed by atoms with van der Waals surface area (Å²) in [5.74, 6) is -0.524. The fourth-order valence-corrected chi connectivity index (χ4v) is 6.80. The summed E-state index contributed by atoms with van der Waals surface area (Å²) in [6.45, 7) is 8.40. The molecule has 4 aromatic rings. The van der Waals surface area contributed by atoms with Gasteiger partial charge in [-0.15, -0.1) is 11.8 Å². The van der Waals surface area contributed by atoms with Crippen molar-refractivity contribution in [3.05, 3.63) is 57.5 Å². The van der Waals surface area contributed by atoms with Gasteiger partial charge in [-0.3, -0.25) is 0 Å². The van der Waals surface area contributed by atoms with E-state index in [4.69, 9.17) is 38.7 Å². The first kappa shape index (κ1) is 31.4. The molecule has 2 N–H and O–H groups in total. The number of nitrogens with zero attached hydrogens (tertiary/aromatic N) is 4. The first-order valence-electron chi connectivity index (χ1n) is 14.1. The van der Waals surface area contributed by atoms with Gasteiger partial charge in [0, 0.05) is 53.1 Å². The van der Waals surface area contributed by atoms with E-state index in [-0.39, 0.29) is 40.7 Å². The predicted octanol–water partition coefficient (Wildman–Crippen LogP) is 8.68. The SMILES string of the molecule is CSc1nc2c(F)c(-c3cccc(Cl)c3Cl)c(CCC#N)cc2c2c1cc(C(C)N)n2C1CCN(C(=O)OC(C)(C)C)C1. The van der Waals surface area contributed by atoms with Gasteiger partial charge in [-0.05, 0) is 70.6 Å². The van der Waals surface area contributed by atoms with Crippen LogP contribution in [0, 0.1) is 17.1 Å². The number of carbonyl (C=O) groups excluding carboxylic acids is 1. The molecule has 3 heterocycles. The Morgan fingerprint density at radius 2 is 2.05 bits per heavy atom.